The van der Waals surface area contributed by atoms with Crippen molar-refractivity contribution in [2.24, 2.45) is 0 Å². The van der Waals surface area contributed by atoms with Gasteiger partial charge in [0.15, 0.2) is 5.60 Å². The zero-order valence-corrected chi connectivity index (χ0v) is 14.7. The molecule has 0 aliphatic carbocycles. The van der Waals surface area contributed by atoms with Crippen molar-refractivity contribution >= 4 is 23.2 Å². The molecule has 0 bridgehead atoms. The molecule has 0 aliphatic heterocycles. The van der Waals surface area contributed by atoms with Crippen molar-refractivity contribution in [2.75, 3.05) is 11.9 Å². The SMILES string of the molecule is C[C@](O)(COc1ccc(Cl)cc1)C(=O)Nc1ccc(C#N)c(C(F)(F)F)c1. The average Bonchev–Trinajstić information content (AvgIpc) is 2.60. The number of carbonyl (C=O) groups is 1. The van der Waals surface area contributed by atoms with Crippen LogP contribution in [-0.4, -0.2) is 23.2 Å². The minimum atomic E-state index is -4.76. The lowest BCUT2D eigenvalue weighted by molar-refractivity contribution is -0.138. The Morgan fingerprint density at radius 2 is 1.89 bits per heavy atom. The fourth-order valence-electron chi connectivity index (χ4n) is 2.04. The summed E-state index contributed by atoms with van der Waals surface area (Å²) in [5, 5.41) is 21.7. The molecule has 142 valence electrons. The molecule has 0 saturated carbocycles. The Morgan fingerprint density at radius 1 is 1.26 bits per heavy atom. The zero-order valence-electron chi connectivity index (χ0n) is 14.0. The van der Waals surface area contributed by atoms with E-state index >= 15 is 0 Å². The molecule has 0 fully saturated rings. The van der Waals surface area contributed by atoms with E-state index in [1.165, 1.54) is 18.2 Å². The van der Waals surface area contributed by atoms with E-state index in [1.54, 1.807) is 12.1 Å². The minimum Gasteiger partial charge on any atom is -0.490 e. The first-order chi connectivity index (χ1) is 12.5. The minimum absolute atomic E-state index is 0.210. The summed E-state index contributed by atoms with van der Waals surface area (Å²) in [5.41, 5.74) is -3.98. The highest BCUT2D eigenvalue weighted by Crippen LogP contribution is 2.33. The summed E-state index contributed by atoms with van der Waals surface area (Å²) in [4.78, 5) is 12.2. The van der Waals surface area contributed by atoms with E-state index in [4.69, 9.17) is 21.6 Å². The average molecular weight is 399 g/mol. The van der Waals surface area contributed by atoms with Crippen molar-refractivity contribution in [1.82, 2.24) is 0 Å². The van der Waals surface area contributed by atoms with Gasteiger partial charge in [0.2, 0.25) is 0 Å². The number of alkyl halides is 3. The molecule has 27 heavy (non-hydrogen) atoms. The first kappa shape index (κ1) is 20.6. The standard InChI is InChI=1S/C18H14ClF3N2O3/c1-17(26,10-27-14-6-3-12(19)4-7-14)16(25)24-13-5-2-11(9-23)15(8-13)18(20,21)22/h2-8,26H,10H2,1H3,(H,24,25)/t17-/m0/s1. The Bertz CT molecular complexity index is 875. The summed E-state index contributed by atoms with van der Waals surface area (Å²) >= 11 is 5.74. The summed E-state index contributed by atoms with van der Waals surface area (Å²) in [7, 11) is 0. The number of hydrogen-bond donors (Lipinski definition) is 2. The van der Waals surface area contributed by atoms with Gasteiger partial charge in [0.05, 0.1) is 17.2 Å². The van der Waals surface area contributed by atoms with Crippen LogP contribution in [0.25, 0.3) is 0 Å². The number of halogens is 4. The fraction of sp³-hybridized carbons (Fsp3) is 0.222. The summed E-state index contributed by atoms with van der Waals surface area (Å²) in [6.07, 6.45) is -4.76. The van der Waals surface area contributed by atoms with Gasteiger partial charge in [-0.05, 0) is 49.4 Å². The van der Waals surface area contributed by atoms with Crippen molar-refractivity contribution in [1.29, 1.82) is 5.26 Å². The molecule has 1 atom stereocenters. The highest BCUT2D eigenvalue weighted by atomic mass is 35.5. The molecule has 0 aromatic heterocycles. The van der Waals surface area contributed by atoms with E-state index in [0.717, 1.165) is 19.1 Å². The number of amides is 1. The van der Waals surface area contributed by atoms with Gasteiger partial charge in [-0.1, -0.05) is 11.6 Å². The van der Waals surface area contributed by atoms with Gasteiger partial charge in [-0.3, -0.25) is 4.79 Å². The summed E-state index contributed by atoms with van der Waals surface area (Å²) in [6, 6.07) is 10.3. The lowest BCUT2D eigenvalue weighted by Gasteiger charge is -2.23. The first-order valence-corrected chi connectivity index (χ1v) is 7.94. The number of nitrogens with one attached hydrogen (secondary N) is 1. The Balaban J connectivity index is 2.11. The van der Waals surface area contributed by atoms with Gasteiger partial charge in [0.25, 0.3) is 5.91 Å². The Hall–Kier alpha value is -2.76. The Morgan fingerprint density at radius 3 is 2.44 bits per heavy atom. The van der Waals surface area contributed by atoms with Crippen LogP contribution in [0.5, 0.6) is 5.75 Å². The van der Waals surface area contributed by atoms with Crippen molar-refractivity contribution in [3.05, 3.63) is 58.6 Å². The largest absolute Gasteiger partial charge is 0.490 e. The molecule has 2 N–H and O–H groups in total. The van der Waals surface area contributed by atoms with E-state index in [9.17, 15) is 23.1 Å². The second kappa shape index (κ2) is 7.86. The highest BCUT2D eigenvalue weighted by molar-refractivity contribution is 6.30. The Kier molecular flexibility index (Phi) is 5.98. The summed E-state index contributed by atoms with van der Waals surface area (Å²) < 4.78 is 44.2. The maximum absolute atomic E-state index is 13.0. The van der Waals surface area contributed by atoms with Crippen LogP contribution in [0.4, 0.5) is 18.9 Å². The van der Waals surface area contributed by atoms with Crippen molar-refractivity contribution in [3.8, 4) is 11.8 Å². The molecule has 2 aromatic carbocycles. The molecule has 9 heteroatoms. The molecule has 0 saturated heterocycles. The van der Waals surface area contributed by atoms with E-state index in [0.29, 0.717) is 16.8 Å². The topological polar surface area (TPSA) is 82.3 Å². The van der Waals surface area contributed by atoms with Crippen LogP contribution >= 0.6 is 11.6 Å². The zero-order chi connectivity index (χ0) is 20.2. The third-order valence-corrected chi connectivity index (χ3v) is 3.78. The quantitative estimate of drug-likeness (QED) is 0.797. The lowest BCUT2D eigenvalue weighted by atomic mass is 10.1. The molecule has 2 aromatic rings. The first-order valence-electron chi connectivity index (χ1n) is 7.56. The van der Waals surface area contributed by atoms with Crippen molar-refractivity contribution in [2.45, 2.75) is 18.7 Å². The maximum Gasteiger partial charge on any atom is 0.417 e. The summed E-state index contributed by atoms with van der Waals surface area (Å²) in [5.74, 6) is -0.612. The monoisotopic (exact) mass is 398 g/mol. The molecule has 2 rings (SSSR count). The summed E-state index contributed by atoms with van der Waals surface area (Å²) in [6.45, 7) is 0.718. The molecule has 0 aliphatic rings. The number of anilines is 1. The smallest absolute Gasteiger partial charge is 0.417 e. The number of nitriles is 1. The number of aliphatic hydroxyl groups is 1. The van der Waals surface area contributed by atoms with Crippen molar-refractivity contribution in [3.63, 3.8) is 0 Å². The predicted molar refractivity (Wildman–Crippen MR) is 92.4 cm³/mol. The number of ether oxygens (including phenoxy) is 1. The second-order valence-corrected chi connectivity index (χ2v) is 6.28. The van der Waals surface area contributed by atoms with E-state index < -0.39 is 35.4 Å². The molecular formula is C18H14ClF3N2O3. The Labute approximate surface area is 157 Å². The number of carbonyl (C=O) groups excluding carboxylic acids is 1. The van der Waals surface area contributed by atoms with Gasteiger partial charge in [0, 0.05) is 10.7 Å². The third-order valence-electron chi connectivity index (χ3n) is 3.53. The molecule has 1 amide bonds. The third kappa shape index (κ3) is 5.36. The van der Waals surface area contributed by atoms with E-state index in [1.807, 2.05) is 0 Å². The number of benzene rings is 2. The normalized spacial score (nSPS) is 13.4. The van der Waals surface area contributed by atoms with Gasteiger partial charge in [-0.15, -0.1) is 0 Å². The van der Waals surface area contributed by atoms with Gasteiger partial charge >= 0.3 is 6.18 Å². The maximum atomic E-state index is 13.0. The van der Waals surface area contributed by atoms with Crippen LogP contribution in [0.3, 0.4) is 0 Å². The molecule has 5 nitrogen and oxygen atoms in total. The van der Waals surface area contributed by atoms with Gasteiger partial charge in [0.1, 0.15) is 12.4 Å². The molecular weight excluding hydrogens is 385 g/mol. The van der Waals surface area contributed by atoms with Crippen LogP contribution < -0.4 is 10.1 Å². The van der Waals surface area contributed by atoms with E-state index in [-0.39, 0.29) is 5.69 Å². The predicted octanol–water partition coefficient (Wildman–Crippen LogP) is 4.00. The molecule has 0 unspecified atom stereocenters. The van der Waals surface area contributed by atoms with Crippen molar-refractivity contribution < 1.29 is 27.8 Å². The molecule has 0 spiro atoms. The van der Waals surface area contributed by atoms with Crippen LogP contribution in [0, 0.1) is 11.3 Å². The second-order valence-electron chi connectivity index (χ2n) is 5.84. The molecule has 0 heterocycles. The number of nitrogens with zero attached hydrogens (tertiary/aromatic N) is 1. The van der Waals surface area contributed by atoms with Crippen LogP contribution in [0.1, 0.15) is 18.1 Å². The highest BCUT2D eigenvalue weighted by Gasteiger charge is 2.35. The number of hydrogen-bond acceptors (Lipinski definition) is 4. The van der Waals surface area contributed by atoms with Crippen LogP contribution in [-0.2, 0) is 11.0 Å². The lowest BCUT2D eigenvalue weighted by Crippen LogP contribution is -2.45. The molecule has 0 radical (unpaired) electrons. The van der Waals surface area contributed by atoms with Crippen LogP contribution in [0.2, 0.25) is 5.02 Å². The number of rotatable bonds is 5. The van der Waals surface area contributed by atoms with Gasteiger partial charge < -0.3 is 15.2 Å². The van der Waals surface area contributed by atoms with E-state index in [2.05, 4.69) is 5.32 Å². The van der Waals surface area contributed by atoms with Crippen LogP contribution in [0.15, 0.2) is 42.5 Å². The van der Waals surface area contributed by atoms with Gasteiger partial charge in [-0.2, -0.15) is 18.4 Å². The van der Waals surface area contributed by atoms with Gasteiger partial charge in [-0.25, -0.2) is 0 Å². The fourth-order valence-corrected chi connectivity index (χ4v) is 2.17.